The first kappa shape index (κ1) is 13.7. The van der Waals surface area contributed by atoms with E-state index in [1.54, 1.807) is 24.4 Å². The maximum Gasteiger partial charge on any atom is 0.325 e. The van der Waals surface area contributed by atoms with E-state index in [2.05, 4.69) is 9.72 Å². The first-order chi connectivity index (χ1) is 9.11. The van der Waals surface area contributed by atoms with E-state index >= 15 is 0 Å². The van der Waals surface area contributed by atoms with Gasteiger partial charge in [0.05, 0.1) is 17.7 Å². The number of ether oxygens (including phenoxy) is 1. The average Bonchev–Trinajstić information content (AvgIpc) is 2.67. The van der Waals surface area contributed by atoms with E-state index in [0.717, 1.165) is 11.8 Å². The van der Waals surface area contributed by atoms with Gasteiger partial charge < -0.3 is 4.74 Å². The summed E-state index contributed by atoms with van der Waals surface area (Å²) in [7, 11) is 1.27. The third-order valence-electron chi connectivity index (χ3n) is 2.36. The molecule has 98 valence electrons. The topological polar surface area (TPSA) is 59.5 Å². The molecule has 0 aromatic carbocycles. The predicted molar refractivity (Wildman–Crippen MR) is 76.1 cm³/mol. The summed E-state index contributed by atoms with van der Waals surface area (Å²) < 4.78 is 4.87. The zero-order valence-corrected chi connectivity index (χ0v) is 11.7. The van der Waals surface area contributed by atoms with Crippen molar-refractivity contribution in [3.8, 4) is 0 Å². The van der Waals surface area contributed by atoms with Crippen molar-refractivity contribution in [1.82, 2.24) is 9.88 Å². The highest BCUT2D eigenvalue weighted by molar-refractivity contribution is 8.26. The maximum atomic E-state index is 12.1. The molecule has 0 N–H and O–H groups in total. The molecular formula is C12H10N2O3S2. The number of aromatic nitrogens is 1. The van der Waals surface area contributed by atoms with Crippen LogP contribution in [-0.2, 0) is 14.3 Å². The smallest absolute Gasteiger partial charge is 0.325 e. The lowest BCUT2D eigenvalue weighted by Gasteiger charge is -2.11. The number of hydrogen-bond donors (Lipinski definition) is 0. The molecule has 1 fully saturated rings. The fourth-order valence-electron chi connectivity index (χ4n) is 1.43. The third-order valence-corrected chi connectivity index (χ3v) is 3.73. The van der Waals surface area contributed by atoms with Crippen molar-refractivity contribution in [2.24, 2.45) is 0 Å². The van der Waals surface area contributed by atoms with Gasteiger partial charge in [-0.2, -0.15) is 0 Å². The van der Waals surface area contributed by atoms with Gasteiger partial charge in [-0.3, -0.25) is 19.5 Å². The van der Waals surface area contributed by atoms with E-state index in [4.69, 9.17) is 12.2 Å². The van der Waals surface area contributed by atoms with E-state index in [0.29, 0.717) is 14.9 Å². The number of amides is 1. The summed E-state index contributed by atoms with van der Waals surface area (Å²) in [5.74, 6) is -0.804. The Labute approximate surface area is 119 Å². The summed E-state index contributed by atoms with van der Waals surface area (Å²) in [6.45, 7) is -0.166. The predicted octanol–water partition coefficient (Wildman–Crippen LogP) is 1.46. The molecule has 1 aromatic heterocycles. The number of carbonyl (C=O) groups excluding carboxylic acids is 2. The van der Waals surface area contributed by atoms with Gasteiger partial charge in [0.15, 0.2) is 0 Å². The van der Waals surface area contributed by atoms with Crippen LogP contribution in [0.4, 0.5) is 0 Å². The number of thioether (sulfide) groups is 1. The summed E-state index contributed by atoms with van der Waals surface area (Å²) >= 11 is 6.23. The standard InChI is InChI=1S/C12H10N2O3S2/c1-17-10(15)7-14-11(16)9(19-12(14)18)6-8-4-2-3-5-13-8/h2-6H,7H2,1H3/b9-6-. The lowest BCUT2D eigenvalue weighted by Crippen LogP contribution is -2.33. The molecule has 5 nitrogen and oxygen atoms in total. The Hall–Kier alpha value is -1.73. The van der Waals surface area contributed by atoms with Crippen LogP contribution in [-0.4, -0.2) is 39.7 Å². The van der Waals surface area contributed by atoms with Gasteiger partial charge >= 0.3 is 5.97 Å². The summed E-state index contributed by atoms with van der Waals surface area (Å²) in [4.78, 5) is 29.1. The first-order valence-corrected chi connectivity index (χ1v) is 6.57. The van der Waals surface area contributed by atoms with Crippen LogP contribution < -0.4 is 0 Å². The molecule has 1 amide bonds. The molecule has 0 spiro atoms. The van der Waals surface area contributed by atoms with Crippen molar-refractivity contribution in [3.05, 3.63) is 35.0 Å². The Morgan fingerprint density at radius 2 is 2.37 bits per heavy atom. The second kappa shape index (κ2) is 5.94. The maximum absolute atomic E-state index is 12.1. The molecule has 0 saturated carbocycles. The van der Waals surface area contributed by atoms with E-state index in [1.165, 1.54) is 12.0 Å². The fourth-order valence-corrected chi connectivity index (χ4v) is 2.67. The monoisotopic (exact) mass is 294 g/mol. The summed E-state index contributed by atoms with van der Waals surface area (Å²) in [6.07, 6.45) is 3.29. The lowest BCUT2D eigenvalue weighted by atomic mass is 10.3. The van der Waals surface area contributed by atoms with Crippen molar-refractivity contribution in [1.29, 1.82) is 0 Å². The highest BCUT2D eigenvalue weighted by atomic mass is 32.2. The van der Waals surface area contributed by atoms with Crippen LogP contribution in [0.15, 0.2) is 29.3 Å². The van der Waals surface area contributed by atoms with E-state index < -0.39 is 5.97 Å². The molecular weight excluding hydrogens is 284 g/mol. The fraction of sp³-hybridized carbons (Fsp3) is 0.167. The molecule has 0 bridgehead atoms. The number of thiocarbonyl (C=S) groups is 1. The molecule has 1 aromatic rings. The number of nitrogens with zero attached hydrogens (tertiary/aromatic N) is 2. The van der Waals surface area contributed by atoms with Crippen molar-refractivity contribution in [2.75, 3.05) is 13.7 Å². The van der Waals surface area contributed by atoms with Crippen molar-refractivity contribution >= 4 is 46.3 Å². The van der Waals surface area contributed by atoms with E-state index in [-0.39, 0.29) is 12.5 Å². The molecule has 2 heterocycles. The minimum absolute atomic E-state index is 0.166. The number of pyridine rings is 1. The van der Waals surface area contributed by atoms with Crippen LogP contribution in [0.1, 0.15) is 5.69 Å². The van der Waals surface area contributed by atoms with Gasteiger partial charge in [-0.25, -0.2) is 0 Å². The Balaban J connectivity index is 2.18. The van der Waals surface area contributed by atoms with Crippen LogP contribution in [0, 0.1) is 0 Å². The molecule has 1 aliphatic rings. The quantitative estimate of drug-likeness (QED) is 0.478. The summed E-state index contributed by atoms with van der Waals surface area (Å²) in [6, 6.07) is 5.40. The lowest BCUT2D eigenvalue weighted by molar-refractivity contribution is -0.143. The molecule has 2 rings (SSSR count). The number of methoxy groups -OCH3 is 1. The highest BCUT2D eigenvalue weighted by Gasteiger charge is 2.33. The van der Waals surface area contributed by atoms with Gasteiger partial charge in [0.2, 0.25) is 0 Å². The molecule has 0 unspecified atom stereocenters. The third kappa shape index (κ3) is 3.18. The van der Waals surface area contributed by atoms with Crippen LogP contribution in [0.2, 0.25) is 0 Å². The average molecular weight is 294 g/mol. The molecule has 1 aliphatic heterocycles. The minimum atomic E-state index is -0.504. The molecule has 0 atom stereocenters. The minimum Gasteiger partial charge on any atom is -0.468 e. The first-order valence-electron chi connectivity index (χ1n) is 5.35. The van der Waals surface area contributed by atoms with Gasteiger partial charge in [0.1, 0.15) is 10.9 Å². The van der Waals surface area contributed by atoms with Gasteiger partial charge in [-0.1, -0.05) is 30.0 Å². The summed E-state index contributed by atoms with van der Waals surface area (Å²) in [5, 5.41) is 0. The van der Waals surface area contributed by atoms with Gasteiger partial charge in [-0.05, 0) is 18.2 Å². The normalized spacial score (nSPS) is 17.1. The Morgan fingerprint density at radius 3 is 3.00 bits per heavy atom. The van der Waals surface area contributed by atoms with Crippen LogP contribution >= 0.6 is 24.0 Å². The molecule has 1 saturated heterocycles. The second-order valence-electron chi connectivity index (χ2n) is 3.60. The van der Waals surface area contributed by atoms with Crippen molar-refractivity contribution < 1.29 is 14.3 Å². The van der Waals surface area contributed by atoms with E-state index in [9.17, 15) is 9.59 Å². The van der Waals surface area contributed by atoms with Crippen molar-refractivity contribution in [3.63, 3.8) is 0 Å². The highest BCUT2D eigenvalue weighted by Crippen LogP contribution is 2.31. The molecule has 7 heteroatoms. The number of hydrogen-bond acceptors (Lipinski definition) is 6. The van der Waals surface area contributed by atoms with Crippen molar-refractivity contribution in [2.45, 2.75) is 0 Å². The van der Waals surface area contributed by atoms with Crippen LogP contribution in [0.5, 0.6) is 0 Å². The van der Waals surface area contributed by atoms with Crippen LogP contribution in [0.3, 0.4) is 0 Å². The zero-order chi connectivity index (χ0) is 13.8. The SMILES string of the molecule is COC(=O)CN1C(=O)/C(=C/c2ccccn2)SC1=S. The molecule has 0 aliphatic carbocycles. The number of esters is 1. The largest absolute Gasteiger partial charge is 0.468 e. The Kier molecular flexibility index (Phi) is 4.28. The zero-order valence-electron chi connectivity index (χ0n) is 10.0. The molecule has 0 radical (unpaired) electrons. The van der Waals surface area contributed by atoms with Gasteiger partial charge in [0.25, 0.3) is 5.91 Å². The second-order valence-corrected chi connectivity index (χ2v) is 5.27. The van der Waals surface area contributed by atoms with E-state index in [1.807, 2.05) is 6.07 Å². The summed E-state index contributed by atoms with van der Waals surface area (Å²) in [5.41, 5.74) is 0.668. The van der Waals surface area contributed by atoms with Gasteiger partial charge in [-0.15, -0.1) is 0 Å². The molecule has 19 heavy (non-hydrogen) atoms. The Morgan fingerprint density at radius 1 is 1.58 bits per heavy atom. The number of rotatable bonds is 3. The number of carbonyl (C=O) groups is 2. The van der Waals surface area contributed by atoms with Gasteiger partial charge in [0, 0.05) is 6.20 Å². The Bertz CT molecular complexity index is 557. The van der Waals surface area contributed by atoms with Crippen LogP contribution in [0.25, 0.3) is 6.08 Å².